The van der Waals surface area contributed by atoms with Crippen LogP contribution in [0.1, 0.15) is 70.4 Å². The second kappa shape index (κ2) is 20.3. The molecule has 80 heavy (non-hydrogen) atoms. The van der Waals surface area contributed by atoms with Gasteiger partial charge in [0.1, 0.15) is 18.2 Å². The number of hydrogen-bond donors (Lipinski definition) is 4. The Morgan fingerprint density at radius 2 is 0.738 bits per heavy atom. The van der Waals surface area contributed by atoms with Crippen molar-refractivity contribution in [2.24, 2.45) is 4.99 Å². The first-order chi connectivity index (χ1) is 39.6. The Labute approximate surface area is 465 Å². The number of para-hydroxylation sites is 2. The van der Waals surface area contributed by atoms with E-state index in [0.717, 1.165) is 51.4 Å². The van der Waals surface area contributed by atoms with Crippen LogP contribution >= 0.6 is 0 Å². The molecule has 1 saturated heterocycles. The number of nitrogens with zero attached hydrogens (tertiary/aromatic N) is 3. The first kappa shape index (κ1) is 47.6. The molecule has 0 aliphatic carbocycles. The van der Waals surface area contributed by atoms with E-state index in [9.17, 15) is 0 Å². The minimum absolute atomic E-state index is 0.0101. The Balaban J connectivity index is 0.756. The molecule has 2 aliphatic heterocycles. The number of fused-ring (bicyclic) bond motifs is 7. The highest BCUT2D eigenvalue weighted by molar-refractivity contribution is 6.29. The Morgan fingerprint density at radius 3 is 1.24 bits per heavy atom. The number of nitrogens with one attached hydrogen (secondary N) is 4. The van der Waals surface area contributed by atoms with Gasteiger partial charge < -0.3 is 14.5 Å². The van der Waals surface area contributed by atoms with E-state index < -0.39 is 0 Å². The summed E-state index contributed by atoms with van der Waals surface area (Å²) in [5.74, 6) is 0.876. The Morgan fingerprint density at radius 1 is 0.312 bits per heavy atom. The molecule has 7 heteroatoms. The number of rotatable bonds is 10. The highest BCUT2D eigenvalue weighted by Crippen LogP contribution is 2.43. The third-order valence-electron chi connectivity index (χ3n) is 16.5. The molecule has 0 spiro atoms. The molecule has 7 nitrogen and oxygen atoms in total. The summed E-state index contributed by atoms with van der Waals surface area (Å²) < 4.78 is 4.90. The van der Waals surface area contributed by atoms with E-state index in [1.807, 2.05) is 12.1 Å². The van der Waals surface area contributed by atoms with Crippen LogP contribution < -0.4 is 21.3 Å². The second-order valence-corrected chi connectivity index (χ2v) is 21.2. The normalized spacial score (nSPS) is 18.4. The van der Waals surface area contributed by atoms with Crippen molar-refractivity contribution in [3.63, 3.8) is 0 Å². The van der Waals surface area contributed by atoms with Crippen molar-refractivity contribution in [3.05, 3.63) is 312 Å². The molecular weight excluding hydrogens is 975 g/mol. The molecule has 2 aromatic heterocycles. The average molecular weight is 1030 g/mol. The summed E-state index contributed by atoms with van der Waals surface area (Å²) in [5, 5.41) is 20.3. The van der Waals surface area contributed by atoms with Crippen molar-refractivity contribution in [1.82, 2.24) is 30.4 Å². The van der Waals surface area contributed by atoms with Gasteiger partial charge in [0.05, 0.1) is 28.2 Å². The van der Waals surface area contributed by atoms with Crippen molar-refractivity contribution in [2.45, 2.75) is 37.0 Å². The fourth-order valence-corrected chi connectivity index (χ4v) is 12.6. The fraction of sp³-hybridized carbons (Fsp3) is 0.0822. The number of hydrogen-bond acceptors (Lipinski definition) is 5. The van der Waals surface area contributed by atoms with E-state index in [0.29, 0.717) is 0 Å². The monoisotopic (exact) mass is 1030 g/mol. The first-order valence-electron chi connectivity index (χ1n) is 27.8. The van der Waals surface area contributed by atoms with E-state index >= 15 is 0 Å². The van der Waals surface area contributed by atoms with Gasteiger partial charge in [-0.3, -0.25) is 16.0 Å². The highest BCUT2D eigenvalue weighted by Gasteiger charge is 2.31. The van der Waals surface area contributed by atoms with E-state index in [1.165, 1.54) is 71.4 Å². The Kier molecular flexibility index (Phi) is 12.1. The first-order valence-corrected chi connectivity index (χ1v) is 27.8. The summed E-state index contributed by atoms with van der Waals surface area (Å²) in [5.41, 5.74) is 18.8. The summed E-state index contributed by atoms with van der Waals surface area (Å²) >= 11 is 0. The third-order valence-corrected chi connectivity index (χ3v) is 16.5. The van der Waals surface area contributed by atoms with Gasteiger partial charge in [0, 0.05) is 50.6 Å². The quantitative estimate of drug-likeness (QED) is 0.110. The van der Waals surface area contributed by atoms with Crippen LogP contribution in [-0.4, -0.2) is 15.0 Å². The van der Waals surface area contributed by atoms with Crippen molar-refractivity contribution < 1.29 is 0 Å². The smallest absolute Gasteiger partial charge is 0.131 e. The van der Waals surface area contributed by atoms with Gasteiger partial charge in [0.2, 0.25) is 0 Å². The fourth-order valence-electron chi connectivity index (χ4n) is 12.6. The number of aromatic nitrogens is 2. The molecule has 13 aromatic rings. The third kappa shape index (κ3) is 8.65. The topological polar surface area (TPSA) is 70.3 Å². The summed E-state index contributed by atoms with van der Waals surface area (Å²) in [6, 6.07) is 102. The average Bonchev–Trinajstić information content (AvgIpc) is 4.18. The summed E-state index contributed by atoms with van der Waals surface area (Å²) in [7, 11) is 0. The molecule has 4 heterocycles. The van der Waals surface area contributed by atoms with Gasteiger partial charge in [-0.15, -0.1) is 0 Å². The van der Waals surface area contributed by atoms with E-state index in [1.54, 1.807) is 0 Å². The SMILES string of the molecule is c1ccc(C2=NC(c3ccccc3)NC(c3ccc(-c4cccc(-n5c6ccccc6c6c7c8ccccc8n(-c8cccc(-c9ccc(C%10NC(c%11ccccc%11)CC(c%11ccccc%11)N%10)cc9)c8)c7ccc65)c4)cc3)N2)cc1. The van der Waals surface area contributed by atoms with E-state index in [-0.39, 0.29) is 30.6 Å². The molecule has 1 fully saturated rings. The van der Waals surface area contributed by atoms with Crippen LogP contribution in [0.15, 0.2) is 284 Å². The summed E-state index contributed by atoms with van der Waals surface area (Å²) in [4.78, 5) is 5.12. The number of amidine groups is 1. The van der Waals surface area contributed by atoms with Crippen LogP contribution in [0.2, 0.25) is 0 Å². The Bertz CT molecular complexity index is 4350. The van der Waals surface area contributed by atoms with Gasteiger partial charge in [-0.05, 0) is 105 Å². The molecule has 0 saturated carbocycles. The summed E-state index contributed by atoms with van der Waals surface area (Å²) in [6.07, 6.45) is 0.633. The van der Waals surface area contributed by atoms with Crippen molar-refractivity contribution in [2.75, 3.05) is 0 Å². The van der Waals surface area contributed by atoms with Gasteiger partial charge >= 0.3 is 0 Å². The largest absolute Gasteiger partial charge is 0.350 e. The molecule has 0 amide bonds. The number of benzene rings is 11. The number of aliphatic imine (C=N–C) groups is 1. The predicted octanol–water partition coefficient (Wildman–Crippen LogP) is 16.6. The maximum absolute atomic E-state index is 5.12. The van der Waals surface area contributed by atoms with Crippen LogP contribution in [0.3, 0.4) is 0 Å². The molecule has 0 bridgehead atoms. The predicted molar refractivity (Wildman–Crippen MR) is 329 cm³/mol. The van der Waals surface area contributed by atoms with Crippen LogP contribution in [0.25, 0.3) is 77.2 Å². The lowest BCUT2D eigenvalue weighted by molar-refractivity contribution is 0.247. The van der Waals surface area contributed by atoms with Gasteiger partial charge in [0.25, 0.3) is 0 Å². The highest BCUT2D eigenvalue weighted by atomic mass is 15.3. The van der Waals surface area contributed by atoms with E-state index in [4.69, 9.17) is 4.99 Å². The molecular formula is C73H57N7. The van der Waals surface area contributed by atoms with Crippen LogP contribution in [-0.2, 0) is 0 Å². The van der Waals surface area contributed by atoms with Crippen LogP contribution in [0.5, 0.6) is 0 Å². The Hall–Kier alpha value is -9.63. The second-order valence-electron chi connectivity index (χ2n) is 21.2. The minimum Gasteiger partial charge on any atom is -0.350 e. The lowest BCUT2D eigenvalue weighted by atomic mass is 9.90. The zero-order valence-electron chi connectivity index (χ0n) is 44.0. The molecule has 4 N–H and O–H groups in total. The minimum atomic E-state index is -0.189. The molecule has 11 aromatic carbocycles. The zero-order valence-corrected chi connectivity index (χ0v) is 44.0. The molecule has 2 aliphatic rings. The molecule has 384 valence electrons. The lowest BCUT2D eigenvalue weighted by Gasteiger charge is -2.38. The van der Waals surface area contributed by atoms with Crippen LogP contribution in [0.4, 0.5) is 0 Å². The zero-order chi connectivity index (χ0) is 52.9. The van der Waals surface area contributed by atoms with Crippen molar-refractivity contribution in [3.8, 4) is 33.6 Å². The van der Waals surface area contributed by atoms with Crippen LogP contribution in [0, 0.1) is 0 Å². The molecule has 15 rings (SSSR count). The maximum atomic E-state index is 5.12. The van der Waals surface area contributed by atoms with Gasteiger partial charge in [-0.25, -0.2) is 4.99 Å². The van der Waals surface area contributed by atoms with Gasteiger partial charge in [0.15, 0.2) is 0 Å². The standard InChI is InChI=1S/C73H57N7/c1-5-19-50(20-6-1)62-47-63(51-21-7-2-8-22-51)75-70(74-62)54-39-35-48(36-40-54)56-27-17-29-58(45-56)79-64-33-15-13-31-60(64)68-66(79)43-44-67-69(68)61-32-14-16-34-65(61)80(67)59-30-18-28-57(46-59)49-37-41-55(42-38-49)73-77-71(52-23-9-3-10-24-52)76-72(78-73)53-25-11-4-12-26-53/h1-46,62-63,70-71,73-75,77H,47H2,(H,76,78). The van der Waals surface area contributed by atoms with Gasteiger partial charge in [-0.2, -0.15) is 0 Å². The van der Waals surface area contributed by atoms with Gasteiger partial charge in [-0.1, -0.05) is 231 Å². The van der Waals surface area contributed by atoms with Crippen molar-refractivity contribution >= 4 is 49.4 Å². The van der Waals surface area contributed by atoms with Crippen molar-refractivity contribution in [1.29, 1.82) is 0 Å². The molecule has 4 atom stereocenters. The molecule has 4 unspecified atom stereocenters. The molecule has 0 radical (unpaired) electrons. The maximum Gasteiger partial charge on any atom is 0.131 e. The summed E-state index contributed by atoms with van der Waals surface area (Å²) in [6.45, 7) is 0. The van der Waals surface area contributed by atoms with E-state index in [2.05, 4.69) is 297 Å². The lowest BCUT2D eigenvalue weighted by Crippen LogP contribution is -2.45.